The molecule has 1 N–H and O–H groups in total. The Balaban J connectivity index is 1.30. The molecule has 2 aliphatic heterocycles. The van der Waals surface area contributed by atoms with Gasteiger partial charge in [-0.05, 0) is 49.8 Å². The van der Waals surface area contributed by atoms with E-state index in [1.54, 1.807) is 0 Å². The average Bonchev–Trinajstić information content (AvgIpc) is 3.05. The summed E-state index contributed by atoms with van der Waals surface area (Å²) in [6.07, 6.45) is 7.25. The molecule has 2 saturated heterocycles. The van der Waals surface area contributed by atoms with E-state index in [4.69, 9.17) is 19.0 Å². The summed E-state index contributed by atoms with van der Waals surface area (Å²) in [5.74, 6) is 0.603. The Bertz CT molecular complexity index is 1310. The second-order valence-corrected chi connectivity index (χ2v) is 10.6. The molecule has 0 saturated carbocycles. The Kier molecular flexibility index (Phi) is 11.2. The first-order chi connectivity index (χ1) is 20.7. The second-order valence-electron chi connectivity index (χ2n) is 10.6. The Morgan fingerprint density at radius 3 is 2.71 bits per heavy atom. The first kappa shape index (κ1) is 30.0. The molecule has 8 nitrogen and oxygen atoms in total. The van der Waals surface area contributed by atoms with Gasteiger partial charge in [0.1, 0.15) is 5.75 Å². The molecule has 0 aromatic heterocycles. The van der Waals surface area contributed by atoms with Gasteiger partial charge in [0.05, 0.1) is 25.4 Å². The van der Waals surface area contributed by atoms with Crippen LogP contribution in [0.5, 0.6) is 5.75 Å². The van der Waals surface area contributed by atoms with E-state index in [0.717, 1.165) is 93.0 Å². The van der Waals surface area contributed by atoms with Gasteiger partial charge in [-0.2, -0.15) is 0 Å². The van der Waals surface area contributed by atoms with Crippen molar-refractivity contribution in [2.24, 2.45) is 0 Å². The number of anilines is 1. The minimum absolute atomic E-state index is 0.276. The van der Waals surface area contributed by atoms with Crippen LogP contribution in [-0.2, 0) is 14.3 Å². The summed E-state index contributed by atoms with van der Waals surface area (Å²) in [6, 6.07) is 20.2. The number of nitrogens with zero attached hydrogens (tertiary/aromatic N) is 2. The zero-order chi connectivity index (χ0) is 29.0. The van der Waals surface area contributed by atoms with Gasteiger partial charge in [-0.15, -0.1) is 0 Å². The van der Waals surface area contributed by atoms with Crippen LogP contribution in [-0.4, -0.2) is 76.2 Å². The molecule has 8 heteroatoms. The number of hydroxylamine groups is 1. The van der Waals surface area contributed by atoms with Gasteiger partial charge in [-0.3, -0.25) is 9.69 Å². The SMILES string of the molecule is CCN(CCN1CCOCC1)c1cccc(C(=O)NOC2CCCCO2)c1C=CCCOc1cccc2ccccc12. The Morgan fingerprint density at radius 2 is 1.88 bits per heavy atom. The number of rotatable bonds is 13. The van der Waals surface area contributed by atoms with Gasteiger partial charge >= 0.3 is 0 Å². The largest absolute Gasteiger partial charge is 0.493 e. The fraction of sp³-hybridized carbons (Fsp3) is 0.441. The number of carbonyl (C=O) groups is 1. The Morgan fingerprint density at radius 1 is 1.05 bits per heavy atom. The minimum Gasteiger partial charge on any atom is -0.493 e. The molecule has 42 heavy (non-hydrogen) atoms. The third-order valence-corrected chi connectivity index (χ3v) is 7.84. The van der Waals surface area contributed by atoms with E-state index in [1.807, 2.05) is 42.5 Å². The van der Waals surface area contributed by atoms with Crippen molar-refractivity contribution in [2.45, 2.75) is 38.9 Å². The van der Waals surface area contributed by atoms with Crippen LogP contribution in [0.1, 0.15) is 48.5 Å². The van der Waals surface area contributed by atoms with Gasteiger partial charge in [0.15, 0.2) is 6.29 Å². The van der Waals surface area contributed by atoms with E-state index >= 15 is 0 Å². The van der Waals surface area contributed by atoms with E-state index in [9.17, 15) is 4.79 Å². The lowest BCUT2D eigenvalue weighted by atomic mass is 10.0. The van der Waals surface area contributed by atoms with Crippen LogP contribution in [0.2, 0.25) is 0 Å². The zero-order valence-corrected chi connectivity index (χ0v) is 24.6. The van der Waals surface area contributed by atoms with Gasteiger partial charge < -0.3 is 19.1 Å². The monoisotopic (exact) mass is 573 g/mol. The lowest BCUT2D eigenvalue weighted by Crippen LogP contribution is -2.41. The summed E-state index contributed by atoms with van der Waals surface area (Å²) < 4.78 is 17.3. The highest BCUT2D eigenvalue weighted by Gasteiger charge is 2.20. The molecule has 0 aliphatic carbocycles. The van der Waals surface area contributed by atoms with Gasteiger partial charge in [-0.1, -0.05) is 54.6 Å². The number of amides is 1. The van der Waals surface area contributed by atoms with Crippen LogP contribution in [0, 0.1) is 0 Å². The highest BCUT2D eigenvalue weighted by atomic mass is 16.8. The molecule has 1 unspecified atom stereocenters. The molecular formula is C34H43N3O5. The highest BCUT2D eigenvalue weighted by molar-refractivity contribution is 5.99. The van der Waals surface area contributed by atoms with Crippen molar-refractivity contribution in [3.05, 3.63) is 77.9 Å². The number of hydrogen-bond acceptors (Lipinski definition) is 7. The summed E-state index contributed by atoms with van der Waals surface area (Å²) in [5, 5.41) is 2.27. The molecule has 0 bridgehead atoms. The summed E-state index contributed by atoms with van der Waals surface area (Å²) in [5.41, 5.74) is 5.12. The predicted octanol–water partition coefficient (Wildman–Crippen LogP) is 5.67. The maximum atomic E-state index is 13.4. The standard InChI is InChI=1S/C34H43N3O5/c1-2-37(20-19-36-21-25-39-26-22-36)31-16-10-15-30(34(38)35-42-33-18-6-8-24-41-33)29(31)14-5-7-23-40-32-17-9-12-27-11-3-4-13-28(27)32/h3-5,9-17,33H,2,6-8,18-26H2,1H3,(H,35,38). The number of hydrogen-bond donors (Lipinski definition) is 1. The van der Waals surface area contributed by atoms with Crippen molar-refractivity contribution in [1.82, 2.24) is 10.4 Å². The molecule has 3 aromatic rings. The number of morpholine rings is 1. The first-order valence-corrected chi connectivity index (χ1v) is 15.3. The fourth-order valence-electron chi connectivity index (χ4n) is 5.48. The highest BCUT2D eigenvalue weighted by Crippen LogP contribution is 2.28. The third-order valence-electron chi connectivity index (χ3n) is 7.84. The Hall–Kier alpha value is -3.43. The molecule has 1 amide bonds. The van der Waals surface area contributed by atoms with Crippen LogP contribution < -0.4 is 15.1 Å². The van der Waals surface area contributed by atoms with Crippen molar-refractivity contribution >= 4 is 28.4 Å². The van der Waals surface area contributed by atoms with Crippen molar-refractivity contribution in [2.75, 3.05) is 64.1 Å². The van der Waals surface area contributed by atoms with E-state index in [-0.39, 0.29) is 5.91 Å². The van der Waals surface area contributed by atoms with Gasteiger partial charge in [-0.25, -0.2) is 10.3 Å². The van der Waals surface area contributed by atoms with Crippen molar-refractivity contribution in [3.8, 4) is 5.75 Å². The molecule has 2 fully saturated rings. The maximum absolute atomic E-state index is 13.4. The Labute approximate surface area is 249 Å². The molecule has 2 aliphatic rings. The van der Waals surface area contributed by atoms with Crippen LogP contribution >= 0.6 is 0 Å². The molecule has 3 aromatic carbocycles. The second kappa shape index (κ2) is 15.7. The maximum Gasteiger partial charge on any atom is 0.275 e. The van der Waals surface area contributed by atoms with Gasteiger partial charge in [0.2, 0.25) is 0 Å². The zero-order valence-electron chi connectivity index (χ0n) is 24.6. The summed E-state index contributed by atoms with van der Waals surface area (Å²) in [4.78, 5) is 23.8. The van der Waals surface area contributed by atoms with Gasteiger partial charge in [0, 0.05) is 62.4 Å². The number of benzene rings is 3. The van der Waals surface area contributed by atoms with Crippen LogP contribution in [0.15, 0.2) is 66.7 Å². The molecule has 2 heterocycles. The number of nitrogens with one attached hydrogen (secondary N) is 1. The lowest BCUT2D eigenvalue weighted by molar-refractivity contribution is -0.186. The topological polar surface area (TPSA) is 72.5 Å². The number of fused-ring (bicyclic) bond motifs is 1. The molecule has 0 spiro atoms. The molecular weight excluding hydrogens is 530 g/mol. The van der Waals surface area contributed by atoms with Crippen LogP contribution in [0.25, 0.3) is 16.8 Å². The van der Waals surface area contributed by atoms with Crippen molar-refractivity contribution in [3.63, 3.8) is 0 Å². The van der Waals surface area contributed by atoms with E-state index in [1.165, 1.54) is 0 Å². The normalized spacial score (nSPS) is 17.9. The molecule has 5 rings (SSSR count). The number of ether oxygens (including phenoxy) is 3. The average molecular weight is 574 g/mol. The molecule has 1 atom stereocenters. The fourth-order valence-corrected chi connectivity index (χ4v) is 5.48. The molecule has 0 radical (unpaired) electrons. The first-order valence-electron chi connectivity index (χ1n) is 15.3. The van der Waals surface area contributed by atoms with E-state index in [0.29, 0.717) is 25.2 Å². The summed E-state index contributed by atoms with van der Waals surface area (Å²) in [7, 11) is 0. The van der Waals surface area contributed by atoms with E-state index in [2.05, 4.69) is 52.5 Å². The molecule has 224 valence electrons. The summed E-state index contributed by atoms with van der Waals surface area (Å²) >= 11 is 0. The lowest BCUT2D eigenvalue weighted by Gasteiger charge is -2.31. The van der Waals surface area contributed by atoms with Crippen LogP contribution in [0.3, 0.4) is 0 Å². The third kappa shape index (κ3) is 8.10. The summed E-state index contributed by atoms with van der Waals surface area (Å²) in [6.45, 7) is 9.42. The minimum atomic E-state index is -0.406. The predicted molar refractivity (Wildman–Crippen MR) is 167 cm³/mol. The van der Waals surface area contributed by atoms with E-state index < -0.39 is 6.29 Å². The van der Waals surface area contributed by atoms with Crippen molar-refractivity contribution < 1.29 is 23.8 Å². The number of carbonyl (C=O) groups excluding carboxylic acids is 1. The van der Waals surface area contributed by atoms with Gasteiger partial charge in [0.25, 0.3) is 5.91 Å². The van der Waals surface area contributed by atoms with Crippen molar-refractivity contribution in [1.29, 1.82) is 0 Å². The van der Waals surface area contributed by atoms with Crippen LogP contribution in [0.4, 0.5) is 5.69 Å². The quantitative estimate of drug-likeness (QED) is 0.209. The smallest absolute Gasteiger partial charge is 0.275 e. The number of likely N-dealkylation sites (N-methyl/N-ethyl adjacent to an activating group) is 1.